The number of anilines is 1. The van der Waals surface area contributed by atoms with E-state index in [0.717, 1.165) is 0 Å². The summed E-state index contributed by atoms with van der Waals surface area (Å²) >= 11 is 0. The average molecular weight is 292 g/mol. The molecule has 0 spiro atoms. The number of hydrogen-bond donors (Lipinski definition) is 1. The molecule has 6 heteroatoms. The zero-order valence-electron chi connectivity index (χ0n) is 12.3. The number of ether oxygens (including phenoxy) is 2. The second-order valence-electron chi connectivity index (χ2n) is 4.76. The van der Waals surface area contributed by atoms with Gasteiger partial charge >= 0.3 is 0 Å². The van der Waals surface area contributed by atoms with E-state index in [1.54, 1.807) is 36.3 Å². The molecule has 1 fully saturated rings. The number of nitrogens with one attached hydrogen (secondary N) is 1. The number of benzene rings is 1. The second kappa shape index (κ2) is 7.08. The smallest absolute Gasteiger partial charge is 0.252 e. The van der Waals surface area contributed by atoms with Crippen LogP contribution < -0.4 is 10.1 Å². The van der Waals surface area contributed by atoms with Gasteiger partial charge in [0, 0.05) is 24.8 Å². The minimum Gasteiger partial charge on any atom is -0.497 e. The Hall–Kier alpha value is -2.08. The molecule has 1 aliphatic rings. The van der Waals surface area contributed by atoms with E-state index in [2.05, 4.69) is 5.32 Å². The topological polar surface area (TPSA) is 67.9 Å². The Morgan fingerprint density at radius 3 is 3.05 bits per heavy atom. The molecule has 2 amide bonds. The van der Waals surface area contributed by atoms with Crippen molar-refractivity contribution >= 4 is 17.5 Å². The van der Waals surface area contributed by atoms with Crippen LogP contribution in [-0.2, 0) is 14.3 Å². The number of nitrogens with zero attached hydrogens (tertiary/aromatic N) is 1. The summed E-state index contributed by atoms with van der Waals surface area (Å²) in [5, 5.41) is 2.75. The van der Waals surface area contributed by atoms with E-state index >= 15 is 0 Å². The quantitative estimate of drug-likeness (QED) is 0.887. The summed E-state index contributed by atoms with van der Waals surface area (Å²) in [5.41, 5.74) is 0.634. The van der Waals surface area contributed by atoms with Crippen molar-refractivity contribution in [1.29, 1.82) is 0 Å². The van der Waals surface area contributed by atoms with Crippen molar-refractivity contribution in [3.8, 4) is 5.75 Å². The predicted octanol–water partition coefficient (Wildman–Crippen LogP) is 1.27. The van der Waals surface area contributed by atoms with Gasteiger partial charge in [-0.1, -0.05) is 6.07 Å². The predicted molar refractivity (Wildman–Crippen MR) is 78.2 cm³/mol. The molecule has 2 rings (SSSR count). The van der Waals surface area contributed by atoms with Crippen molar-refractivity contribution in [3.63, 3.8) is 0 Å². The zero-order chi connectivity index (χ0) is 15.2. The number of methoxy groups -OCH3 is 1. The van der Waals surface area contributed by atoms with Crippen molar-refractivity contribution < 1.29 is 19.1 Å². The molecular weight excluding hydrogens is 272 g/mol. The SMILES string of the molecule is CCN1CCOC(CC(=O)Nc2cccc(OC)c2)C1=O. The number of rotatable bonds is 5. The Balaban J connectivity index is 1.93. The summed E-state index contributed by atoms with van der Waals surface area (Å²) in [4.78, 5) is 25.8. The van der Waals surface area contributed by atoms with Crippen LogP contribution in [0, 0.1) is 0 Å². The molecule has 1 aromatic carbocycles. The number of likely N-dealkylation sites (N-methyl/N-ethyl adjacent to an activating group) is 1. The van der Waals surface area contributed by atoms with Crippen LogP contribution in [0.3, 0.4) is 0 Å². The molecule has 0 aromatic heterocycles. The van der Waals surface area contributed by atoms with Gasteiger partial charge in [0.1, 0.15) is 11.9 Å². The molecule has 1 heterocycles. The largest absolute Gasteiger partial charge is 0.497 e. The van der Waals surface area contributed by atoms with E-state index in [1.165, 1.54) is 0 Å². The highest BCUT2D eigenvalue weighted by molar-refractivity contribution is 5.95. The molecule has 0 radical (unpaired) electrons. The van der Waals surface area contributed by atoms with Gasteiger partial charge in [-0.05, 0) is 19.1 Å². The molecule has 1 aromatic rings. The third kappa shape index (κ3) is 3.95. The maximum absolute atomic E-state index is 12.0. The lowest BCUT2D eigenvalue weighted by Crippen LogP contribution is -2.48. The first kappa shape index (κ1) is 15.3. The molecule has 1 unspecified atom stereocenters. The standard InChI is InChI=1S/C15H20N2O4/c1-3-17-7-8-21-13(15(17)19)10-14(18)16-11-5-4-6-12(9-11)20-2/h4-6,9,13H,3,7-8,10H2,1-2H3,(H,16,18). The normalized spacial score (nSPS) is 18.5. The minimum absolute atomic E-state index is 0.0204. The summed E-state index contributed by atoms with van der Waals surface area (Å²) in [6, 6.07) is 7.07. The fraction of sp³-hybridized carbons (Fsp3) is 0.467. The molecule has 0 bridgehead atoms. The van der Waals surface area contributed by atoms with Crippen LogP contribution in [0.5, 0.6) is 5.75 Å². The van der Waals surface area contributed by atoms with Crippen LogP contribution in [0.1, 0.15) is 13.3 Å². The van der Waals surface area contributed by atoms with Gasteiger partial charge in [-0.2, -0.15) is 0 Å². The Labute approximate surface area is 124 Å². The number of carbonyl (C=O) groups excluding carboxylic acids is 2. The van der Waals surface area contributed by atoms with Crippen molar-refractivity contribution in [2.45, 2.75) is 19.4 Å². The first-order valence-corrected chi connectivity index (χ1v) is 6.98. The Morgan fingerprint density at radius 2 is 2.33 bits per heavy atom. The van der Waals surface area contributed by atoms with Gasteiger partial charge in [0.05, 0.1) is 20.1 Å². The minimum atomic E-state index is -0.690. The van der Waals surface area contributed by atoms with Crippen LogP contribution in [0.2, 0.25) is 0 Å². The molecule has 0 aliphatic carbocycles. The van der Waals surface area contributed by atoms with Gasteiger partial charge in [0.25, 0.3) is 5.91 Å². The van der Waals surface area contributed by atoms with Gasteiger partial charge in [-0.15, -0.1) is 0 Å². The van der Waals surface area contributed by atoms with Crippen molar-refractivity contribution in [3.05, 3.63) is 24.3 Å². The van der Waals surface area contributed by atoms with Crippen molar-refractivity contribution in [2.75, 3.05) is 32.1 Å². The number of amides is 2. The molecule has 1 atom stereocenters. The van der Waals surface area contributed by atoms with Crippen LogP contribution in [0.25, 0.3) is 0 Å². The number of morpholine rings is 1. The van der Waals surface area contributed by atoms with Crippen molar-refractivity contribution in [2.24, 2.45) is 0 Å². The van der Waals surface area contributed by atoms with E-state index in [1.807, 2.05) is 6.92 Å². The van der Waals surface area contributed by atoms with Crippen molar-refractivity contribution in [1.82, 2.24) is 4.90 Å². The molecule has 21 heavy (non-hydrogen) atoms. The third-order valence-electron chi connectivity index (χ3n) is 3.37. The second-order valence-corrected chi connectivity index (χ2v) is 4.76. The Kier molecular flexibility index (Phi) is 5.16. The first-order chi connectivity index (χ1) is 10.1. The summed E-state index contributed by atoms with van der Waals surface area (Å²) in [6.07, 6.45) is -0.670. The Bertz CT molecular complexity index is 518. The van der Waals surface area contributed by atoms with Crippen LogP contribution in [-0.4, -0.2) is 49.6 Å². The lowest BCUT2D eigenvalue weighted by atomic mass is 10.1. The molecule has 0 saturated carbocycles. The zero-order valence-corrected chi connectivity index (χ0v) is 12.3. The highest BCUT2D eigenvalue weighted by Crippen LogP contribution is 2.18. The van der Waals surface area contributed by atoms with E-state index in [4.69, 9.17) is 9.47 Å². The fourth-order valence-electron chi connectivity index (χ4n) is 2.23. The molecule has 1 aliphatic heterocycles. The van der Waals surface area contributed by atoms with E-state index in [-0.39, 0.29) is 18.2 Å². The summed E-state index contributed by atoms with van der Waals surface area (Å²) in [6.45, 7) is 3.60. The number of hydrogen-bond acceptors (Lipinski definition) is 4. The molecular formula is C15H20N2O4. The molecule has 1 N–H and O–H groups in total. The lowest BCUT2D eigenvalue weighted by molar-refractivity contribution is -0.154. The summed E-state index contributed by atoms with van der Waals surface area (Å²) in [5.74, 6) is 0.291. The van der Waals surface area contributed by atoms with Gasteiger partial charge in [-0.3, -0.25) is 9.59 Å². The van der Waals surface area contributed by atoms with Gasteiger partial charge in [-0.25, -0.2) is 0 Å². The van der Waals surface area contributed by atoms with Crippen LogP contribution >= 0.6 is 0 Å². The fourth-order valence-corrected chi connectivity index (χ4v) is 2.23. The monoisotopic (exact) mass is 292 g/mol. The van der Waals surface area contributed by atoms with Crippen LogP contribution in [0.4, 0.5) is 5.69 Å². The van der Waals surface area contributed by atoms with Gasteiger partial charge in [0.15, 0.2) is 0 Å². The van der Waals surface area contributed by atoms with Crippen LogP contribution in [0.15, 0.2) is 24.3 Å². The highest BCUT2D eigenvalue weighted by Gasteiger charge is 2.30. The maximum Gasteiger partial charge on any atom is 0.252 e. The summed E-state index contributed by atoms with van der Waals surface area (Å²) < 4.78 is 10.5. The maximum atomic E-state index is 12.0. The molecule has 6 nitrogen and oxygen atoms in total. The summed E-state index contributed by atoms with van der Waals surface area (Å²) in [7, 11) is 1.56. The lowest BCUT2D eigenvalue weighted by Gasteiger charge is -2.31. The van der Waals surface area contributed by atoms with Gasteiger partial charge < -0.3 is 19.7 Å². The first-order valence-electron chi connectivity index (χ1n) is 6.98. The number of carbonyl (C=O) groups is 2. The third-order valence-corrected chi connectivity index (χ3v) is 3.37. The van der Waals surface area contributed by atoms with E-state index in [0.29, 0.717) is 31.1 Å². The molecule has 1 saturated heterocycles. The van der Waals surface area contributed by atoms with E-state index in [9.17, 15) is 9.59 Å². The van der Waals surface area contributed by atoms with E-state index < -0.39 is 6.10 Å². The average Bonchev–Trinajstić information content (AvgIpc) is 2.49. The van der Waals surface area contributed by atoms with Gasteiger partial charge in [0.2, 0.25) is 5.91 Å². The Morgan fingerprint density at radius 1 is 1.52 bits per heavy atom. The molecule has 114 valence electrons. The highest BCUT2D eigenvalue weighted by atomic mass is 16.5.